The summed E-state index contributed by atoms with van der Waals surface area (Å²) < 4.78 is 10.4. The highest BCUT2D eigenvalue weighted by atomic mass is 16.5. The van der Waals surface area contributed by atoms with Crippen molar-refractivity contribution in [2.24, 2.45) is 0 Å². The van der Waals surface area contributed by atoms with Crippen molar-refractivity contribution < 1.29 is 9.47 Å². The molecule has 2 aliphatic rings. The van der Waals surface area contributed by atoms with Crippen LogP contribution in [0.1, 0.15) is 12.8 Å². The van der Waals surface area contributed by atoms with Crippen LogP contribution < -0.4 is 0 Å². The molecule has 0 amide bonds. The molecule has 80 valence electrons. The summed E-state index contributed by atoms with van der Waals surface area (Å²) in [7, 11) is 1.99. The Morgan fingerprint density at radius 1 is 1.40 bits per heavy atom. The first-order valence-electron chi connectivity index (χ1n) is 5.09. The van der Waals surface area contributed by atoms with Crippen LogP contribution in [-0.2, 0) is 9.47 Å². The van der Waals surface area contributed by atoms with E-state index >= 15 is 0 Å². The Morgan fingerprint density at radius 2 is 2.33 bits per heavy atom. The normalized spacial score (nSPS) is 18.7. The van der Waals surface area contributed by atoms with Crippen LogP contribution in [-0.4, -0.2) is 18.5 Å². The number of rotatable bonds is 3. The van der Waals surface area contributed by atoms with Crippen LogP contribution in [0, 0.1) is 0 Å². The number of nitrogens with zero attached hydrogens (tertiary/aromatic N) is 1. The quantitative estimate of drug-likeness (QED) is 0.706. The number of hydrogen-bond donors (Lipinski definition) is 0. The second-order valence-corrected chi connectivity index (χ2v) is 3.63. The molecule has 0 radical (unpaired) electrons. The van der Waals surface area contributed by atoms with E-state index in [-0.39, 0.29) is 0 Å². The van der Waals surface area contributed by atoms with E-state index in [9.17, 15) is 0 Å². The van der Waals surface area contributed by atoms with Crippen molar-refractivity contribution >= 4 is 0 Å². The molecule has 0 unspecified atom stereocenters. The molecule has 3 heteroatoms. The van der Waals surface area contributed by atoms with E-state index in [0.29, 0.717) is 0 Å². The first-order valence-corrected chi connectivity index (χ1v) is 5.09. The summed E-state index contributed by atoms with van der Waals surface area (Å²) in [5.41, 5.74) is 1.42. The Hall–Kier alpha value is -1.64. The third kappa shape index (κ3) is 2.65. The van der Waals surface area contributed by atoms with Gasteiger partial charge in [-0.2, -0.15) is 0 Å². The summed E-state index contributed by atoms with van der Waals surface area (Å²) in [6.07, 6.45) is 13.4. The number of hydrogen-bond acceptors (Lipinski definition) is 3. The zero-order valence-corrected chi connectivity index (χ0v) is 8.85. The van der Waals surface area contributed by atoms with E-state index < -0.39 is 0 Å². The fraction of sp³-hybridized carbons (Fsp3) is 0.333. The van der Waals surface area contributed by atoms with E-state index in [0.717, 1.165) is 25.3 Å². The molecule has 1 aliphatic carbocycles. The molecule has 0 N–H and O–H groups in total. The van der Waals surface area contributed by atoms with Gasteiger partial charge in [-0.15, -0.1) is 0 Å². The first-order chi connectivity index (χ1) is 7.36. The van der Waals surface area contributed by atoms with Crippen molar-refractivity contribution in [3.8, 4) is 0 Å². The molecule has 0 fully saturated rings. The van der Waals surface area contributed by atoms with Crippen LogP contribution in [0.15, 0.2) is 48.5 Å². The molecule has 0 saturated carbocycles. The molecule has 2 rings (SSSR count). The molecule has 1 heterocycles. The lowest BCUT2D eigenvalue weighted by Crippen LogP contribution is -2.22. The van der Waals surface area contributed by atoms with Gasteiger partial charge >= 0.3 is 0 Å². The summed E-state index contributed by atoms with van der Waals surface area (Å²) >= 11 is 0. The monoisotopic (exact) mass is 205 g/mol. The number of allylic oxidation sites excluding steroid dienone is 3. The second-order valence-electron chi connectivity index (χ2n) is 3.63. The molecule has 1 aliphatic heterocycles. The van der Waals surface area contributed by atoms with Gasteiger partial charge in [-0.1, -0.05) is 23.8 Å². The summed E-state index contributed by atoms with van der Waals surface area (Å²) in [5.74, 6) is 0.743. The van der Waals surface area contributed by atoms with Crippen molar-refractivity contribution in [1.82, 2.24) is 4.90 Å². The Kier molecular flexibility index (Phi) is 3.12. The Labute approximate surface area is 90.0 Å². The minimum absolute atomic E-state index is 0.743. The van der Waals surface area contributed by atoms with Gasteiger partial charge in [0.25, 0.3) is 0 Å². The fourth-order valence-electron chi connectivity index (χ4n) is 1.60. The Bertz CT molecular complexity index is 340. The summed E-state index contributed by atoms with van der Waals surface area (Å²) in [4.78, 5) is 2.04. The highest BCUT2D eigenvalue weighted by Gasteiger charge is 2.10. The van der Waals surface area contributed by atoms with Gasteiger partial charge in [0.1, 0.15) is 12.5 Å². The predicted molar refractivity (Wildman–Crippen MR) is 58.5 cm³/mol. The lowest BCUT2D eigenvalue weighted by molar-refractivity contribution is 0.168. The van der Waals surface area contributed by atoms with Crippen LogP contribution in [0.3, 0.4) is 0 Å². The third-order valence-corrected chi connectivity index (χ3v) is 2.41. The van der Waals surface area contributed by atoms with Gasteiger partial charge in [0.05, 0.1) is 0 Å². The van der Waals surface area contributed by atoms with Gasteiger partial charge in [0.15, 0.2) is 6.26 Å². The van der Waals surface area contributed by atoms with Crippen molar-refractivity contribution in [2.45, 2.75) is 12.8 Å². The zero-order chi connectivity index (χ0) is 10.5. The van der Waals surface area contributed by atoms with Crippen molar-refractivity contribution in [3.63, 3.8) is 0 Å². The largest absolute Gasteiger partial charge is 0.464 e. The minimum atomic E-state index is 0.743. The third-order valence-electron chi connectivity index (χ3n) is 2.41. The maximum absolute atomic E-state index is 5.32. The topological polar surface area (TPSA) is 21.7 Å². The van der Waals surface area contributed by atoms with Crippen molar-refractivity contribution in [3.05, 3.63) is 48.5 Å². The standard InChI is InChI=1S/C12H15NO2/c1-13(12-10-14-7-8-15-12)9-11-5-3-2-4-6-11/h2-3,5,7-8,10H,4,6,9H2,1H3. The average molecular weight is 205 g/mol. The molecule has 0 spiro atoms. The lowest BCUT2D eigenvalue weighted by Gasteiger charge is -2.23. The van der Waals surface area contributed by atoms with Gasteiger partial charge in [-0.3, -0.25) is 0 Å². The number of likely N-dealkylation sites (N-methyl/N-ethyl adjacent to an activating group) is 1. The fourth-order valence-corrected chi connectivity index (χ4v) is 1.60. The van der Waals surface area contributed by atoms with E-state index in [1.165, 1.54) is 11.8 Å². The van der Waals surface area contributed by atoms with Crippen LogP contribution in [0.25, 0.3) is 0 Å². The van der Waals surface area contributed by atoms with Gasteiger partial charge in [-0.05, 0) is 12.8 Å². The molecule has 0 bridgehead atoms. The molecule has 0 atom stereocenters. The van der Waals surface area contributed by atoms with E-state index in [4.69, 9.17) is 9.47 Å². The average Bonchev–Trinajstić information content (AvgIpc) is 2.31. The first kappa shape index (κ1) is 9.90. The predicted octanol–water partition coefficient (Wildman–Crippen LogP) is 2.51. The van der Waals surface area contributed by atoms with Crippen molar-refractivity contribution in [2.75, 3.05) is 13.6 Å². The maximum Gasteiger partial charge on any atom is 0.230 e. The second kappa shape index (κ2) is 4.73. The van der Waals surface area contributed by atoms with Crippen LogP contribution in [0.2, 0.25) is 0 Å². The maximum atomic E-state index is 5.32. The highest BCUT2D eigenvalue weighted by molar-refractivity contribution is 5.19. The van der Waals surface area contributed by atoms with E-state index in [1.807, 2.05) is 11.9 Å². The van der Waals surface area contributed by atoms with Crippen LogP contribution in [0.5, 0.6) is 0 Å². The number of ether oxygens (including phenoxy) is 2. The molecule has 0 saturated heterocycles. The summed E-state index contributed by atoms with van der Waals surface area (Å²) in [6, 6.07) is 0. The van der Waals surface area contributed by atoms with Gasteiger partial charge in [0, 0.05) is 13.6 Å². The molecule has 3 nitrogen and oxygen atoms in total. The summed E-state index contributed by atoms with van der Waals surface area (Å²) in [5, 5.41) is 0. The van der Waals surface area contributed by atoms with Gasteiger partial charge in [0.2, 0.25) is 5.88 Å². The minimum Gasteiger partial charge on any atom is -0.464 e. The zero-order valence-electron chi connectivity index (χ0n) is 8.85. The highest BCUT2D eigenvalue weighted by Crippen LogP contribution is 2.16. The van der Waals surface area contributed by atoms with Gasteiger partial charge < -0.3 is 14.4 Å². The molecular weight excluding hydrogens is 190 g/mol. The molecule has 15 heavy (non-hydrogen) atoms. The van der Waals surface area contributed by atoms with Crippen molar-refractivity contribution in [1.29, 1.82) is 0 Å². The molecule has 0 aromatic heterocycles. The Morgan fingerprint density at radius 3 is 3.00 bits per heavy atom. The molecule has 0 aromatic rings. The molecule has 0 aromatic carbocycles. The molecular formula is C12H15NO2. The Balaban J connectivity index is 1.91. The van der Waals surface area contributed by atoms with E-state index in [2.05, 4.69) is 18.2 Å². The van der Waals surface area contributed by atoms with E-state index in [1.54, 1.807) is 12.5 Å². The SMILES string of the molecule is CN(CC1=CC=CCC1)C1=COC=CO1. The smallest absolute Gasteiger partial charge is 0.230 e. The lowest BCUT2D eigenvalue weighted by atomic mass is 10.1. The van der Waals surface area contributed by atoms with Gasteiger partial charge in [-0.25, -0.2) is 0 Å². The van der Waals surface area contributed by atoms with Crippen LogP contribution >= 0.6 is 0 Å². The summed E-state index contributed by atoms with van der Waals surface area (Å²) in [6.45, 7) is 0.882. The van der Waals surface area contributed by atoms with Crippen LogP contribution in [0.4, 0.5) is 0 Å².